The number of aromatic nitrogens is 1. The van der Waals surface area contributed by atoms with Crippen molar-refractivity contribution in [2.75, 3.05) is 5.73 Å². The lowest BCUT2D eigenvalue weighted by molar-refractivity contribution is 0.0467. The molecule has 1 aromatic heterocycles. The van der Waals surface area contributed by atoms with Gasteiger partial charge in [-0.3, -0.25) is 0 Å². The fourth-order valence-corrected chi connectivity index (χ4v) is 2.16. The summed E-state index contributed by atoms with van der Waals surface area (Å²) in [6.45, 7) is 0.215. The minimum Gasteiger partial charge on any atom is -0.456 e. The molecule has 2 aromatic carbocycles. The summed E-state index contributed by atoms with van der Waals surface area (Å²) in [6.07, 6.45) is 1.44. The normalized spacial score (nSPS) is 10.5. The highest BCUT2D eigenvalue weighted by atomic mass is 16.5. The quantitative estimate of drug-likeness (QED) is 0.747. The Morgan fingerprint density at radius 3 is 2.67 bits per heavy atom. The first-order valence-electron chi connectivity index (χ1n) is 6.59. The Bertz CT molecular complexity index is 777. The highest BCUT2D eigenvalue weighted by Gasteiger charge is 2.09. The Balaban J connectivity index is 1.77. The van der Waals surface area contributed by atoms with Crippen LogP contribution in [0, 0.1) is 0 Å². The van der Waals surface area contributed by atoms with Crippen LogP contribution in [0.2, 0.25) is 0 Å². The number of nitrogens with zero attached hydrogens (tertiary/aromatic N) is 1. The van der Waals surface area contributed by atoms with Crippen LogP contribution in [0.4, 0.5) is 5.69 Å². The molecule has 4 nitrogen and oxygen atoms in total. The largest absolute Gasteiger partial charge is 0.456 e. The summed E-state index contributed by atoms with van der Waals surface area (Å²) >= 11 is 0. The summed E-state index contributed by atoms with van der Waals surface area (Å²) in [4.78, 5) is 15.9. The summed E-state index contributed by atoms with van der Waals surface area (Å²) < 4.78 is 5.32. The van der Waals surface area contributed by atoms with Crippen LogP contribution in [0.3, 0.4) is 0 Å². The van der Waals surface area contributed by atoms with Crippen molar-refractivity contribution >= 4 is 22.4 Å². The molecule has 0 unspecified atom stereocenters. The average molecular weight is 278 g/mol. The number of benzene rings is 2. The van der Waals surface area contributed by atoms with Crippen molar-refractivity contribution in [1.29, 1.82) is 0 Å². The third-order valence-electron chi connectivity index (χ3n) is 3.23. The van der Waals surface area contributed by atoms with E-state index in [0.29, 0.717) is 5.69 Å². The van der Waals surface area contributed by atoms with Crippen LogP contribution in [-0.2, 0) is 11.3 Å². The molecule has 0 amide bonds. The van der Waals surface area contributed by atoms with E-state index in [-0.39, 0.29) is 12.3 Å². The lowest BCUT2D eigenvalue weighted by Crippen LogP contribution is -2.07. The highest BCUT2D eigenvalue weighted by Crippen LogP contribution is 2.19. The Labute approximate surface area is 122 Å². The van der Waals surface area contributed by atoms with Crippen LogP contribution in [0.1, 0.15) is 16.1 Å². The number of nitrogens with two attached hydrogens (primary N) is 1. The van der Waals surface area contributed by atoms with E-state index in [4.69, 9.17) is 10.5 Å². The maximum absolute atomic E-state index is 11.9. The third kappa shape index (κ3) is 2.84. The number of hydrogen-bond acceptors (Lipinski definition) is 4. The standard InChI is InChI=1S/C17H14N2O2/c18-14-8-9-16(19-10-14)17(20)21-11-13-6-3-5-12-4-1-2-7-15(12)13/h1-10H,11,18H2. The molecule has 0 aliphatic carbocycles. The second-order valence-corrected chi connectivity index (χ2v) is 4.69. The van der Waals surface area contributed by atoms with Gasteiger partial charge in [-0.25, -0.2) is 9.78 Å². The van der Waals surface area contributed by atoms with Gasteiger partial charge in [-0.2, -0.15) is 0 Å². The lowest BCUT2D eigenvalue weighted by atomic mass is 10.1. The molecule has 0 fully saturated rings. The average Bonchev–Trinajstić information content (AvgIpc) is 2.53. The molecular weight excluding hydrogens is 264 g/mol. The number of anilines is 1. The minimum absolute atomic E-state index is 0.215. The Hall–Kier alpha value is -2.88. The molecule has 0 aliphatic rings. The summed E-state index contributed by atoms with van der Waals surface area (Å²) in [5, 5.41) is 2.20. The fourth-order valence-electron chi connectivity index (χ4n) is 2.16. The van der Waals surface area contributed by atoms with E-state index in [2.05, 4.69) is 4.98 Å². The van der Waals surface area contributed by atoms with Gasteiger partial charge in [0, 0.05) is 0 Å². The number of hydrogen-bond donors (Lipinski definition) is 1. The van der Waals surface area contributed by atoms with E-state index in [1.54, 1.807) is 12.1 Å². The molecule has 104 valence electrons. The van der Waals surface area contributed by atoms with Crippen molar-refractivity contribution in [2.45, 2.75) is 6.61 Å². The summed E-state index contributed by atoms with van der Waals surface area (Å²) in [7, 11) is 0. The predicted octanol–water partition coefficient (Wildman–Crippen LogP) is 3.17. The molecule has 2 N–H and O–H groups in total. The van der Waals surface area contributed by atoms with Crippen molar-refractivity contribution in [3.05, 3.63) is 72.1 Å². The molecule has 0 saturated heterocycles. The number of esters is 1. The molecule has 4 heteroatoms. The number of carbonyl (C=O) groups is 1. The molecular formula is C17H14N2O2. The molecule has 0 radical (unpaired) electrons. The Kier molecular flexibility index (Phi) is 3.51. The lowest BCUT2D eigenvalue weighted by Gasteiger charge is -2.07. The predicted molar refractivity (Wildman–Crippen MR) is 81.7 cm³/mol. The zero-order valence-corrected chi connectivity index (χ0v) is 11.3. The van der Waals surface area contributed by atoms with Gasteiger partial charge in [0.2, 0.25) is 0 Å². The highest BCUT2D eigenvalue weighted by molar-refractivity contribution is 5.88. The summed E-state index contributed by atoms with van der Waals surface area (Å²) in [5.74, 6) is -0.456. The van der Waals surface area contributed by atoms with Gasteiger partial charge in [0.15, 0.2) is 0 Å². The maximum Gasteiger partial charge on any atom is 0.357 e. The monoisotopic (exact) mass is 278 g/mol. The smallest absolute Gasteiger partial charge is 0.357 e. The second-order valence-electron chi connectivity index (χ2n) is 4.69. The molecule has 3 rings (SSSR count). The Morgan fingerprint density at radius 2 is 1.86 bits per heavy atom. The van der Waals surface area contributed by atoms with Gasteiger partial charge in [0.25, 0.3) is 0 Å². The molecule has 0 spiro atoms. The molecule has 0 atom stereocenters. The van der Waals surface area contributed by atoms with Crippen LogP contribution in [-0.4, -0.2) is 11.0 Å². The van der Waals surface area contributed by atoms with Gasteiger partial charge in [-0.15, -0.1) is 0 Å². The van der Waals surface area contributed by atoms with Crippen LogP contribution in [0.15, 0.2) is 60.8 Å². The molecule has 0 saturated carbocycles. The number of nitrogen functional groups attached to an aromatic ring is 1. The SMILES string of the molecule is Nc1ccc(C(=O)OCc2cccc3ccccc23)nc1. The minimum atomic E-state index is -0.456. The van der Waals surface area contributed by atoms with Gasteiger partial charge in [0.1, 0.15) is 12.3 Å². The maximum atomic E-state index is 11.9. The molecule has 0 aliphatic heterocycles. The topological polar surface area (TPSA) is 65.2 Å². The zero-order chi connectivity index (χ0) is 14.7. The molecule has 3 aromatic rings. The summed E-state index contributed by atoms with van der Waals surface area (Å²) in [6, 6.07) is 17.1. The number of fused-ring (bicyclic) bond motifs is 1. The van der Waals surface area contributed by atoms with Gasteiger partial charge in [-0.05, 0) is 28.5 Å². The van der Waals surface area contributed by atoms with Crippen molar-refractivity contribution in [2.24, 2.45) is 0 Å². The van der Waals surface area contributed by atoms with E-state index in [0.717, 1.165) is 16.3 Å². The molecule has 1 heterocycles. The number of ether oxygens (including phenoxy) is 1. The van der Waals surface area contributed by atoms with E-state index in [9.17, 15) is 4.79 Å². The van der Waals surface area contributed by atoms with Gasteiger partial charge < -0.3 is 10.5 Å². The number of pyridine rings is 1. The number of carbonyl (C=O) groups excluding carboxylic acids is 1. The van der Waals surface area contributed by atoms with Gasteiger partial charge in [0.05, 0.1) is 11.9 Å². The fraction of sp³-hybridized carbons (Fsp3) is 0.0588. The van der Waals surface area contributed by atoms with Crippen molar-refractivity contribution in [3.63, 3.8) is 0 Å². The first-order valence-corrected chi connectivity index (χ1v) is 6.59. The third-order valence-corrected chi connectivity index (χ3v) is 3.23. The first-order chi connectivity index (χ1) is 10.2. The van der Waals surface area contributed by atoms with E-state index in [1.807, 2.05) is 42.5 Å². The van der Waals surface area contributed by atoms with Crippen molar-refractivity contribution < 1.29 is 9.53 Å². The van der Waals surface area contributed by atoms with Crippen LogP contribution < -0.4 is 5.73 Å². The first kappa shape index (κ1) is 13.1. The van der Waals surface area contributed by atoms with Gasteiger partial charge >= 0.3 is 5.97 Å². The van der Waals surface area contributed by atoms with E-state index < -0.39 is 5.97 Å². The zero-order valence-electron chi connectivity index (χ0n) is 11.3. The summed E-state index contributed by atoms with van der Waals surface area (Å²) in [5.41, 5.74) is 7.28. The van der Waals surface area contributed by atoms with E-state index in [1.165, 1.54) is 6.20 Å². The van der Waals surface area contributed by atoms with Crippen molar-refractivity contribution in [1.82, 2.24) is 4.98 Å². The Morgan fingerprint density at radius 1 is 1.05 bits per heavy atom. The number of rotatable bonds is 3. The van der Waals surface area contributed by atoms with Crippen LogP contribution >= 0.6 is 0 Å². The van der Waals surface area contributed by atoms with Crippen molar-refractivity contribution in [3.8, 4) is 0 Å². The van der Waals surface area contributed by atoms with E-state index >= 15 is 0 Å². The van der Waals surface area contributed by atoms with Crippen LogP contribution in [0.5, 0.6) is 0 Å². The molecule has 21 heavy (non-hydrogen) atoms. The van der Waals surface area contributed by atoms with Crippen LogP contribution in [0.25, 0.3) is 10.8 Å². The molecule has 0 bridgehead atoms. The van der Waals surface area contributed by atoms with Gasteiger partial charge in [-0.1, -0.05) is 42.5 Å². The second kappa shape index (κ2) is 5.63.